The third-order valence-corrected chi connectivity index (χ3v) is 2.88. The van der Waals surface area contributed by atoms with Crippen LogP contribution in [0.15, 0.2) is 48.8 Å². The van der Waals surface area contributed by atoms with E-state index >= 15 is 0 Å². The Labute approximate surface area is 128 Å². The van der Waals surface area contributed by atoms with E-state index in [-0.39, 0.29) is 11.8 Å². The summed E-state index contributed by atoms with van der Waals surface area (Å²) < 4.78 is 4.84. The third kappa shape index (κ3) is 4.68. The summed E-state index contributed by atoms with van der Waals surface area (Å²) in [6.07, 6.45) is 3.41. The van der Waals surface area contributed by atoms with Crippen molar-refractivity contribution in [2.75, 3.05) is 24.4 Å². The normalized spacial score (nSPS) is 10.0. The lowest BCUT2D eigenvalue weighted by atomic mass is 10.2. The zero-order valence-electron chi connectivity index (χ0n) is 12.2. The lowest BCUT2D eigenvalue weighted by Gasteiger charge is -2.08. The van der Waals surface area contributed by atoms with Gasteiger partial charge in [-0.1, -0.05) is 0 Å². The van der Waals surface area contributed by atoms with Crippen LogP contribution >= 0.6 is 0 Å². The summed E-state index contributed by atoms with van der Waals surface area (Å²) in [5, 5.41) is 5.51. The maximum atomic E-state index is 12.0. The van der Waals surface area contributed by atoms with Crippen LogP contribution in [0.2, 0.25) is 0 Å². The van der Waals surface area contributed by atoms with Gasteiger partial charge in [0.15, 0.2) is 0 Å². The van der Waals surface area contributed by atoms with Gasteiger partial charge in [-0.15, -0.1) is 0 Å². The highest BCUT2D eigenvalue weighted by Crippen LogP contribution is 2.14. The number of carbonyl (C=O) groups is 2. The number of hydrogen-bond acceptors (Lipinski definition) is 4. The molecule has 0 bridgehead atoms. The number of ether oxygens (including phenoxy) is 1. The van der Waals surface area contributed by atoms with Gasteiger partial charge in [0, 0.05) is 30.9 Å². The van der Waals surface area contributed by atoms with Crippen molar-refractivity contribution in [3.05, 3.63) is 54.4 Å². The molecule has 0 unspecified atom stereocenters. The van der Waals surface area contributed by atoms with Crippen LogP contribution in [0.25, 0.3) is 0 Å². The SMILES string of the molecule is COCCC(=O)Nc1ccc(NC(=O)c2cccnc2)cc1. The molecule has 6 nitrogen and oxygen atoms in total. The minimum atomic E-state index is -0.231. The quantitative estimate of drug-likeness (QED) is 0.857. The van der Waals surface area contributed by atoms with E-state index in [9.17, 15) is 9.59 Å². The molecule has 0 aliphatic carbocycles. The van der Waals surface area contributed by atoms with E-state index < -0.39 is 0 Å². The number of carbonyl (C=O) groups excluding carboxylic acids is 2. The van der Waals surface area contributed by atoms with Crippen molar-refractivity contribution in [1.29, 1.82) is 0 Å². The van der Waals surface area contributed by atoms with E-state index in [0.29, 0.717) is 30.0 Å². The zero-order valence-corrected chi connectivity index (χ0v) is 12.2. The van der Waals surface area contributed by atoms with Crippen LogP contribution in [-0.2, 0) is 9.53 Å². The van der Waals surface area contributed by atoms with E-state index in [1.54, 1.807) is 49.7 Å². The number of pyridine rings is 1. The van der Waals surface area contributed by atoms with Crippen molar-refractivity contribution in [3.8, 4) is 0 Å². The number of nitrogens with one attached hydrogen (secondary N) is 2. The van der Waals surface area contributed by atoms with Crippen LogP contribution in [-0.4, -0.2) is 30.5 Å². The number of methoxy groups -OCH3 is 1. The van der Waals surface area contributed by atoms with E-state index in [1.165, 1.54) is 6.20 Å². The van der Waals surface area contributed by atoms with Gasteiger partial charge in [-0.2, -0.15) is 0 Å². The molecule has 0 saturated carbocycles. The van der Waals surface area contributed by atoms with Crippen LogP contribution in [0.1, 0.15) is 16.8 Å². The second-order valence-electron chi connectivity index (χ2n) is 4.56. The van der Waals surface area contributed by atoms with Gasteiger partial charge in [0.05, 0.1) is 18.6 Å². The second kappa shape index (κ2) is 7.90. The van der Waals surface area contributed by atoms with Crippen LogP contribution in [0.5, 0.6) is 0 Å². The molecule has 0 saturated heterocycles. The monoisotopic (exact) mass is 299 g/mol. The lowest BCUT2D eigenvalue weighted by Crippen LogP contribution is -2.14. The highest BCUT2D eigenvalue weighted by atomic mass is 16.5. The highest BCUT2D eigenvalue weighted by molar-refractivity contribution is 6.04. The summed E-state index contributed by atoms with van der Waals surface area (Å²) in [5.41, 5.74) is 1.80. The van der Waals surface area contributed by atoms with Crippen LogP contribution in [0.4, 0.5) is 11.4 Å². The average molecular weight is 299 g/mol. The number of aromatic nitrogens is 1. The molecule has 0 aliphatic rings. The number of benzene rings is 1. The maximum Gasteiger partial charge on any atom is 0.257 e. The molecule has 0 radical (unpaired) electrons. The molecular formula is C16H17N3O3. The van der Waals surface area contributed by atoms with Crippen molar-refractivity contribution in [3.63, 3.8) is 0 Å². The van der Waals surface area contributed by atoms with Gasteiger partial charge >= 0.3 is 0 Å². The standard InChI is InChI=1S/C16H17N3O3/c1-22-10-8-15(20)18-13-4-6-14(7-5-13)19-16(21)12-3-2-9-17-11-12/h2-7,9,11H,8,10H2,1H3,(H,18,20)(H,19,21). The number of amides is 2. The molecule has 2 rings (SSSR count). The number of hydrogen-bond donors (Lipinski definition) is 2. The van der Waals surface area contributed by atoms with Gasteiger partial charge in [0.1, 0.15) is 0 Å². The Bertz CT molecular complexity index is 627. The number of anilines is 2. The summed E-state index contributed by atoms with van der Waals surface area (Å²) in [7, 11) is 1.55. The molecule has 2 N–H and O–H groups in total. The summed E-state index contributed by atoms with van der Waals surface area (Å²) >= 11 is 0. The van der Waals surface area contributed by atoms with Crippen molar-refractivity contribution in [2.24, 2.45) is 0 Å². The minimum absolute atomic E-state index is 0.117. The van der Waals surface area contributed by atoms with E-state index in [1.807, 2.05) is 0 Å². The zero-order chi connectivity index (χ0) is 15.8. The van der Waals surface area contributed by atoms with Gasteiger partial charge in [-0.05, 0) is 36.4 Å². The fourth-order valence-corrected chi connectivity index (χ4v) is 1.76. The smallest absolute Gasteiger partial charge is 0.257 e. The van der Waals surface area contributed by atoms with Crippen molar-refractivity contribution in [2.45, 2.75) is 6.42 Å². The molecule has 1 heterocycles. The van der Waals surface area contributed by atoms with Crippen LogP contribution in [0.3, 0.4) is 0 Å². The Morgan fingerprint density at radius 3 is 2.36 bits per heavy atom. The van der Waals surface area contributed by atoms with Gasteiger partial charge < -0.3 is 15.4 Å². The van der Waals surface area contributed by atoms with Gasteiger partial charge in [0.2, 0.25) is 5.91 Å². The molecule has 6 heteroatoms. The average Bonchev–Trinajstić information content (AvgIpc) is 2.55. The predicted molar refractivity (Wildman–Crippen MR) is 83.8 cm³/mol. The van der Waals surface area contributed by atoms with E-state index in [4.69, 9.17) is 4.74 Å². The molecule has 0 aliphatic heterocycles. The van der Waals surface area contributed by atoms with Gasteiger partial charge in [0.25, 0.3) is 5.91 Å². The summed E-state index contributed by atoms with van der Waals surface area (Å²) in [6, 6.07) is 10.3. The molecule has 1 aromatic heterocycles. The molecule has 0 fully saturated rings. The number of rotatable bonds is 6. The summed E-state index contributed by atoms with van der Waals surface area (Å²) in [6.45, 7) is 0.380. The molecule has 0 atom stereocenters. The topological polar surface area (TPSA) is 80.3 Å². The first-order chi connectivity index (χ1) is 10.7. The summed E-state index contributed by atoms with van der Waals surface area (Å²) in [5.74, 6) is -0.348. The van der Waals surface area contributed by atoms with Crippen molar-refractivity contribution < 1.29 is 14.3 Å². The Hall–Kier alpha value is -2.73. The van der Waals surface area contributed by atoms with E-state index in [2.05, 4.69) is 15.6 Å². The Morgan fingerprint density at radius 2 is 1.77 bits per heavy atom. The second-order valence-corrected chi connectivity index (χ2v) is 4.56. The van der Waals surface area contributed by atoms with Crippen LogP contribution < -0.4 is 10.6 Å². The summed E-state index contributed by atoms with van der Waals surface area (Å²) in [4.78, 5) is 27.4. The lowest BCUT2D eigenvalue weighted by molar-refractivity contribution is -0.117. The Morgan fingerprint density at radius 1 is 1.09 bits per heavy atom. The Kier molecular flexibility index (Phi) is 5.62. The first-order valence-corrected chi connectivity index (χ1v) is 6.79. The molecular weight excluding hydrogens is 282 g/mol. The first kappa shape index (κ1) is 15.7. The van der Waals surface area contributed by atoms with Crippen LogP contribution in [0, 0.1) is 0 Å². The third-order valence-electron chi connectivity index (χ3n) is 2.88. The van der Waals surface area contributed by atoms with Crippen molar-refractivity contribution in [1.82, 2.24) is 4.98 Å². The molecule has 22 heavy (non-hydrogen) atoms. The molecule has 2 amide bonds. The maximum absolute atomic E-state index is 12.0. The fourth-order valence-electron chi connectivity index (χ4n) is 1.76. The molecule has 114 valence electrons. The largest absolute Gasteiger partial charge is 0.384 e. The minimum Gasteiger partial charge on any atom is -0.384 e. The predicted octanol–water partition coefficient (Wildman–Crippen LogP) is 2.31. The highest BCUT2D eigenvalue weighted by Gasteiger charge is 2.06. The van der Waals surface area contributed by atoms with Crippen molar-refractivity contribution >= 4 is 23.2 Å². The Balaban J connectivity index is 1.92. The first-order valence-electron chi connectivity index (χ1n) is 6.79. The molecule has 0 spiro atoms. The van der Waals surface area contributed by atoms with Gasteiger partial charge in [-0.3, -0.25) is 14.6 Å². The van der Waals surface area contributed by atoms with Gasteiger partial charge in [-0.25, -0.2) is 0 Å². The molecule has 1 aromatic carbocycles. The number of nitrogens with zero attached hydrogens (tertiary/aromatic N) is 1. The fraction of sp³-hybridized carbons (Fsp3) is 0.188. The molecule has 2 aromatic rings. The van der Waals surface area contributed by atoms with E-state index in [0.717, 1.165) is 0 Å².